The fourth-order valence-corrected chi connectivity index (χ4v) is 4.93. The summed E-state index contributed by atoms with van der Waals surface area (Å²) in [6.45, 7) is 9.95. The Hall–Kier alpha value is -4.15. The van der Waals surface area contributed by atoms with Gasteiger partial charge in [-0.05, 0) is 63.4 Å². The molecule has 11 nitrogen and oxygen atoms in total. The maximum Gasteiger partial charge on any atom is 0.410 e. The molecule has 41 heavy (non-hydrogen) atoms. The van der Waals surface area contributed by atoms with Crippen LogP contribution in [-0.2, 0) is 31.9 Å². The molecule has 0 radical (unpaired) electrons. The van der Waals surface area contributed by atoms with Crippen LogP contribution in [0.3, 0.4) is 0 Å². The average molecular weight is 566 g/mol. The molecule has 1 atom stereocenters. The number of pyridine rings is 1. The molecule has 0 bridgehead atoms. The van der Waals surface area contributed by atoms with Crippen molar-refractivity contribution in [1.29, 1.82) is 0 Å². The minimum absolute atomic E-state index is 0.167. The molecule has 220 valence electrons. The van der Waals surface area contributed by atoms with E-state index in [2.05, 4.69) is 15.2 Å². The molecule has 2 aromatic rings. The number of aromatic nitrogens is 1. The number of carbonyl (C=O) groups excluding carboxylic acids is 4. The van der Waals surface area contributed by atoms with Gasteiger partial charge in [-0.2, -0.15) is 0 Å². The predicted octanol–water partition coefficient (Wildman–Crippen LogP) is 2.43. The number of benzene rings is 1. The molecule has 0 unspecified atom stereocenters. The first kappa shape index (κ1) is 29.8. The number of nitrogens with one attached hydrogen (secondary N) is 1. The summed E-state index contributed by atoms with van der Waals surface area (Å²) in [5.74, 6) is -1.19. The van der Waals surface area contributed by atoms with Crippen molar-refractivity contribution in [2.24, 2.45) is 0 Å². The standard InChI is InChI=1S/C30H39N5O6/c1-5-40-28(38)25(17-21-7-6-11-31-19-21)32-26(36)20-35-12-10-22-8-9-23(18-24(22)27(35)37)33-13-15-34(16-14-33)29(39)41-30(2,3)4/h6-9,11,18-19,25H,5,10,12-17,20H2,1-4H3,(H,32,36)/t25-/m0/s1. The van der Waals surface area contributed by atoms with Gasteiger partial charge in [-0.3, -0.25) is 14.6 Å². The van der Waals surface area contributed by atoms with Crippen molar-refractivity contribution in [2.45, 2.75) is 52.2 Å². The molecule has 0 aliphatic carbocycles. The van der Waals surface area contributed by atoms with Crippen molar-refractivity contribution in [3.8, 4) is 0 Å². The lowest BCUT2D eigenvalue weighted by Crippen LogP contribution is -2.50. The van der Waals surface area contributed by atoms with Crippen molar-refractivity contribution in [3.05, 3.63) is 59.4 Å². The highest BCUT2D eigenvalue weighted by molar-refractivity contribution is 6.00. The first-order valence-corrected chi connectivity index (χ1v) is 14.0. The number of ether oxygens (including phenoxy) is 2. The molecule has 2 aliphatic heterocycles. The van der Waals surface area contributed by atoms with Gasteiger partial charge in [0.15, 0.2) is 0 Å². The molecular weight excluding hydrogens is 526 g/mol. The van der Waals surface area contributed by atoms with E-state index in [0.29, 0.717) is 44.7 Å². The number of carbonyl (C=O) groups is 4. The van der Waals surface area contributed by atoms with Crippen LogP contribution in [0.4, 0.5) is 10.5 Å². The van der Waals surface area contributed by atoms with Crippen LogP contribution in [0, 0.1) is 0 Å². The van der Waals surface area contributed by atoms with Crippen LogP contribution in [0.1, 0.15) is 49.2 Å². The fraction of sp³-hybridized carbons (Fsp3) is 0.500. The molecule has 1 aromatic heterocycles. The molecule has 11 heteroatoms. The molecule has 1 saturated heterocycles. The molecule has 0 spiro atoms. The minimum Gasteiger partial charge on any atom is -0.464 e. The van der Waals surface area contributed by atoms with E-state index in [0.717, 1.165) is 16.8 Å². The Labute approximate surface area is 240 Å². The van der Waals surface area contributed by atoms with Crippen molar-refractivity contribution in [2.75, 3.05) is 50.8 Å². The number of amides is 3. The number of piperazine rings is 1. The Kier molecular flexibility index (Phi) is 9.46. The van der Waals surface area contributed by atoms with Gasteiger partial charge in [-0.1, -0.05) is 12.1 Å². The van der Waals surface area contributed by atoms with Gasteiger partial charge < -0.3 is 29.5 Å². The largest absolute Gasteiger partial charge is 0.464 e. The summed E-state index contributed by atoms with van der Waals surface area (Å²) in [5.41, 5.74) is 2.63. The SMILES string of the molecule is CCOC(=O)[C@H](Cc1cccnc1)NC(=O)CN1CCc2ccc(N3CCN(C(=O)OC(C)(C)C)CC3)cc2C1=O. The lowest BCUT2D eigenvalue weighted by Gasteiger charge is -2.37. The molecule has 1 aromatic carbocycles. The summed E-state index contributed by atoms with van der Waals surface area (Å²) in [6, 6.07) is 8.54. The average Bonchev–Trinajstić information content (AvgIpc) is 2.94. The van der Waals surface area contributed by atoms with E-state index in [1.54, 1.807) is 30.3 Å². The Bertz CT molecular complexity index is 1250. The van der Waals surface area contributed by atoms with Gasteiger partial charge in [-0.25, -0.2) is 9.59 Å². The zero-order valence-corrected chi connectivity index (χ0v) is 24.2. The van der Waals surface area contributed by atoms with Crippen LogP contribution in [-0.4, -0.2) is 96.2 Å². The third kappa shape index (κ3) is 7.96. The zero-order valence-electron chi connectivity index (χ0n) is 24.2. The second-order valence-corrected chi connectivity index (χ2v) is 11.2. The van der Waals surface area contributed by atoms with E-state index < -0.39 is 23.5 Å². The molecule has 3 heterocycles. The second kappa shape index (κ2) is 13.0. The van der Waals surface area contributed by atoms with Crippen LogP contribution >= 0.6 is 0 Å². The van der Waals surface area contributed by atoms with E-state index >= 15 is 0 Å². The van der Waals surface area contributed by atoms with Crippen LogP contribution in [0.25, 0.3) is 0 Å². The highest BCUT2D eigenvalue weighted by Gasteiger charge is 2.30. The Balaban J connectivity index is 1.37. The summed E-state index contributed by atoms with van der Waals surface area (Å²) >= 11 is 0. The summed E-state index contributed by atoms with van der Waals surface area (Å²) in [6.07, 6.45) is 3.81. The normalized spacial score (nSPS) is 16.1. The Morgan fingerprint density at radius 3 is 2.49 bits per heavy atom. The summed E-state index contributed by atoms with van der Waals surface area (Å²) in [5, 5.41) is 2.75. The maximum absolute atomic E-state index is 13.4. The van der Waals surface area contributed by atoms with Gasteiger partial charge in [0, 0.05) is 62.8 Å². The van der Waals surface area contributed by atoms with Gasteiger partial charge in [-0.15, -0.1) is 0 Å². The van der Waals surface area contributed by atoms with E-state index in [-0.39, 0.29) is 31.6 Å². The van der Waals surface area contributed by atoms with Crippen molar-refractivity contribution >= 4 is 29.6 Å². The molecule has 4 rings (SSSR count). The topological polar surface area (TPSA) is 121 Å². The highest BCUT2D eigenvalue weighted by Crippen LogP contribution is 2.26. The number of rotatable bonds is 8. The highest BCUT2D eigenvalue weighted by atomic mass is 16.6. The number of anilines is 1. The van der Waals surface area contributed by atoms with E-state index in [1.165, 1.54) is 4.90 Å². The van der Waals surface area contributed by atoms with Crippen LogP contribution in [0.2, 0.25) is 0 Å². The Morgan fingerprint density at radius 1 is 1.07 bits per heavy atom. The van der Waals surface area contributed by atoms with Crippen molar-refractivity contribution < 1.29 is 28.7 Å². The van der Waals surface area contributed by atoms with Crippen LogP contribution in [0.15, 0.2) is 42.7 Å². The summed E-state index contributed by atoms with van der Waals surface area (Å²) < 4.78 is 10.6. The van der Waals surface area contributed by atoms with Crippen LogP contribution in [0.5, 0.6) is 0 Å². The zero-order chi connectivity index (χ0) is 29.6. The number of hydrogen-bond donors (Lipinski definition) is 1. The number of nitrogens with zero attached hydrogens (tertiary/aromatic N) is 4. The molecule has 0 saturated carbocycles. The quantitative estimate of drug-likeness (QED) is 0.485. The van der Waals surface area contributed by atoms with Gasteiger partial charge >= 0.3 is 12.1 Å². The first-order chi connectivity index (χ1) is 19.5. The summed E-state index contributed by atoms with van der Waals surface area (Å²) in [7, 11) is 0. The number of hydrogen-bond acceptors (Lipinski definition) is 8. The Morgan fingerprint density at radius 2 is 1.83 bits per heavy atom. The van der Waals surface area contributed by atoms with Gasteiger partial charge in [0.25, 0.3) is 5.91 Å². The minimum atomic E-state index is -0.884. The third-order valence-electron chi connectivity index (χ3n) is 6.96. The summed E-state index contributed by atoms with van der Waals surface area (Å²) in [4.78, 5) is 60.8. The van der Waals surface area contributed by atoms with E-state index in [9.17, 15) is 19.2 Å². The smallest absolute Gasteiger partial charge is 0.410 e. The lowest BCUT2D eigenvalue weighted by molar-refractivity contribution is -0.147. The lowest BCUT2D eigenvalue weighted by atomic mass is 9.97. The number of esters is 1. The van der Waals surface area contributed by atoms with E-state index in [1.807, 2.05) is 45.0 Å². The predicted molar refractivity (Wildman–Crippen MR) is 153 cm³/mol. The molecule has 1 fully saturated rings. The third-order valence-corrected chi connectivity index (χ3v) is 6.96. The van der Waals surface area contributed by atoms with Crippen LogP contribution < -0.4 is 10.2 Å². The van der Waals surface area contributed by atoms with E-state index in [4.69, 9.17) is 9.47 Å². The van der Waals surface area contributed by atoms with Gasteiger partial charge in [0.2, 0.25) is 5.91 Å². The molecule has 2 aliphatic rings. The fourth-order valence-electron chi connectivity index (χ4n) is 4.93. The van der Waals surface area contributed by atoms with Crippen molar-refractivity contribution in [3.63, 3.8) is 0 Å². The second-order valence-electron chi connectivity index (χ2n) is 11.2. The number of fused-ring (bicyclic) bond motifs is 1. The van der Waals surface area contributed by atoms with Crippen molar-refractivity contribution in [1.82, 2.24) is 20.1 Å². The van der Waals surface area contributed by atoms with Gasteiger partial charge in [0.1, 0.15) is 11.6 Å². The first-order valence-electron chi connectivity index (χ1n) is 14.0. The molecule has 3 amide bonds. The molecule has 1 N–H and O–H groups in total. The van der Waals surface area contributed by atoms with Gasteiger partial charge in [0.05, 0.1) is 13.2 Å². The molecular formula is C30H39N5O6. The monoisotopic (exact) mass is 565 g/mol. The maximum atomic E-state index is 13.4.